The molecule has 1 amide bonds. The normalized spacial score (nSPS) is 14.8. The lowest BCUT2D eigenvalue weighted by Gasteiger charge is -2.13. The van der Waals surface area contributed by atoms with Crippen molar-refractivity contribution in [1.29, 1.82) is 0 Å². The molecule has 2 N–H and O–H groups in total. The van der Waals surface area contributed by atoms with E-state index in [9.17, 15) is 13.2 Å². The fourth-order valence-corrected chi connectivity index (χ4v) is 5.60. The van der Waals surface area contributed by atoms with Crippen molar-refractivity contribution >= 4 is 38.2 Å². The van der Waals surface area contributed by atoms with E-state index in [1.54, 1.807) is 30.0 Å². The van der Waals surface area contributed by atoms with Gasteiger partial charge < -0.3 is 5.32 Å². The first-order valence-electron chi connectivity index (χ1n) is 10.8. The number of amides is 1. The molecule has 0 aliphatic heterocycles. The van der Waals surface area contributed by atoms with Crippen LogP contribution in [0, 0.1) is 0 Å². The third kappa shape index (κ3) is 5.53. The number of carbonyl (C=O) groups excluding carboxylic acids is 1. The molecular weight excluding hydrogens is 460 g/mol. The molecule has 11 heteroatoms. The van der Waals surface area contributed by atoms with Crippen LogP contribution in [-0.4, -0.2) is 39.5 Å². The number of hydrogen-bond acceptors (Lipinski definition) is 8. The Labute approximate surface area is 197 Å². The van der Waals surface area contributed by atoms with Crippen molar-refractivity contribution in [2.75, 3.05) is 10.0 Å². The average Bonchev–Trinajstić information content (AvgIpc) is 3.57. The van der Waals surface area contributed by atoms with E-state index in [1.807, 2.05) is 13.0 Å². The van der Waals surface area contributed by atoms with Gasteiger partial charge in [-0.1, -0.05) is 20.8 Å². The highest BCUT2D eigenvalue weighted by Crippen LogP contribution is 2.32. The van der Waals surface area contributed by atoms with E-state index >= 15 is 0 Å². The highest BCUT2D eigenvalue weighted by Gasteiger charge is 2.36. The van der Waals surface area contributed by atoms with Crippen LogP contribution >= 0.6 is 11.3 Å². The van der Waals surface area contributed by atoms with Crippen LogP contribution in [0.3, 0.4) is 0 Å². The summed E-state index contributed by atoms with van der Waals surface area (Å²) in [5.41, 5.74) is 2.97. The molecule has 1 atom stereocenters. The molecule has 1 saturated carbocycles. The molecule has 0 spiro atoms. The molecule has 1 unspecified atom stereocenters. The van der Waals surface area contributed by atoms with Crippen LogP contribution in [0.5, 0.6) is 0 Å². The Bertz CT molecular complexity index is 1240. The van der Waals surface area contributed by atoms with Gasteiger partial charge in [0.25, 0.3) is 0 Å². The maximum atomic E-state index is 12.9. The van der Waals surface area contributed by atoms with Crippen molar-refractivity contribution in [1.82, 2.24) is 19.9 Å². The van der Waals surface area contributed by atoms with E-state index in [0.717, 1.165) is 17.0 Å². The minimum Gasteiger partial charge on any atom is -0.310 e. The predicted octanol–water partition coefficient (Wildman–Crippen LogP) is 4.15. The van der Waals surface area contributed by atoms with Gasteiger partial charge in [0.2, 0.25) is 15.9 Å². The van der Waals surface area contributed by atoms with E-state index < -0.39 is 15.9 Å². The molecule has 174 valence electrons. The summed E-state index contributed by atoms with van der Waals surface area (Å²) < 4.78 is 26.8. The van der Waals surface area contributed by atoms with Crippen molar-refractivity contribution in [3.63, 3.8) is 0 Å². The molecule has 4 rings (SSSR count). The Balaban J connectivity index is 1.43. The topological polar surface area (TPSA) is 127 Å². The van der Waals surface area contributed by atoms with Gasteiger partial charge in [-0.15, -0.1) is 11.3 Å². The molecule has 1 aliphatic carbocycles. The summed E-state index contributed by atoms with van der Waals surface area (Å²) >= 11 is 1.18. The van der Waals surface area contributed by atoms with Gasteiger partial charge >= 0.3 is 0 Å². The van der Waals surface area contributed by atoms with Gasteiger partial charge in [-0.05, 0) is 37.3 Å². The molecule has 3 aromatic rings. The first kappa shape index (κ1) is 23.2. The Morgan fingerprint density at radius 3 is 2.58 bits per heavy atom. The fourth-order valence-electron chi connectivity index (χ4n) is 3.24. The van der Waals surface area contributed by atoms with E-state index in [0.29, 0.717) is 30.8 Å². The van der Waals surface area contributed by atoms with Gasteiger partial charge in [-0.25, -0.2) is 23.4 Å². The zero-order valence-electron chi connectivity index (χ0n) is 18.6. The van der Waals surface area contributed by atoms with Gasteiger partial charge in [0.15, 0.2) is 5.13 Å². The average molecular weight is 487 g/mol. The number of aromatic nitrogens is 4. The Kier molecular flexibility index (Phi) is 6.71. The number of thiazole rings is 1. The maximum absolute atomic E-state index is 12.9. The zero-order valence-corrected chi connectivity index (χ0v) is 20.3. The van der Waals surface area contributed by atoms with E-state index in [1.165, 1.54) is 11.3 Å². The summed E-state index contributed by atoms with van der Waals surface area (Å²) in [7, 11) is -3.38. The van der Waals surface area contributed by atoms with Gasteiger partial charge in [0.1, 0.15) is 5.82 Å². The third-order valence-electron chi connectivity index (χ3n) is 5.35. The van der Waals surface area contributed by atoms with Crippen LogP contribution in [-0.2, 0) is 14.8 Å². The van der Waals surface area contributed by atoms with Crippen molar-refractivity contribution in [2.24, 2.45) is 0 Å². The number of anilines is 2. The summed E-state index contributed by atoms with van der Waals surface area (Å²) in [4.78, 5) is 30.4. The van der Waals surface area contributed by atoms with Gasteiger partial charge in [0, 0.05) is 23.3 Å². The van der Waals surface area contributed by atoms with Crippen molar-refractivity contribution < 1.29 is 13.2 Å². The van der Waals surface area contributed by atoms with Gasteiger partial charge in [-0.3, -0.25) is 14.5 Å². The lowest BCUT2D eigenvalue weighted by molar-refractivity contribution is -0.117. The SMILES string of the molecule is CCC(C(=O)Nc1ccc(-c2cncc(C(C)C)n2)cn1)c1csc(NS(=O)(=O)C2CC2)n1. The second-order valence-electron chi connectivity index (χ2n) is 8.29. The highest BCUT2D eigenvalue weighted by molar-refractivity contribution is 7.93. The first-order chi connectivity index (χ1) is 15.8. The number of nitrogens with zero attached hydrogens (tertiary/aromatic N) is 4. The van der Waals surface area contributed by atoms with Gasteiger partial charge in [0.05, 0.1) is 34.4 Å². The molecule has 9 nitrogen and oxygen atoms in total. The van der Waals surface area contributed by atoms with Crippen LogP contribution in [0.15, 0.2) is 36.1 Å². The minimum atomic E-state index is -3.38. The van der Waals surface area contributed by atoms with Crippen LogP contribution < -0.4 is 10.0 Å². The monoisotopic (exact) mass is 486 g/mol. The molecule has 0 bridgehead atoms. The lowest BCUT2D eigenvalue weighted by Crippen LogP contribution is -2.22. The smallest absolute Gasteiger partial charge is 0.237 e. The zero-order chi connectivity index (χ0) is 23.6. The summed E-state index contributed by atoms with van der Waals surface area (Å²) in [5, 5.41) is 4.50. The Morgan fingerprint density at radius 2 is 1.94 bits per heavy atom. The molecule has 0 saturated heterocycles. The summed E-state index contributed by atoms with van der Waals surface area (Å²) in [6.45, 7) is 6.00. The fraction of sp³-hybridized carbons (Fsp3) is 0.409. The summed E-state index contributed by atoms with van der Waals surface area (Å²) in [5.74, 6) is -0.0815. The molecule has 3 heterocycles. The Morgan fingerprint density at radius 1 is 1.15 bits per heavy atom. The largest absolute Gasteiger partial charge is 0.310 e. The highest BCUT2D eigenvalue weighted by atomic mass is 32.2. The van der Waals surface area contributed by atoms with E-state index in [-0.39, 0.29) is 22.2 Å². The molecule has 0 aromatic carbocycles. The lowest BCUT2D eigenvalue weighted by atomic mass is 10.0. The number of hydrogen-bond donors (Lipinski definition) is 2. The number of pyridine rings is 1. The first-order valence-corrected chi connectivity index (χ1v) is 13.3. The van der Waals surface area contributed by atoms with Crippen molar-refractivity contribution in [3.05, 3.63) is 47.5 Å². The number of carbonyl (C=O) groups is 1. The number of sulfonamides is 1. The van der Waals surface area contributed by atoms with Crippen LogP contribution in [0.4, 0.5) is 10.9 Å². The standard InChI is InChI=1S/C22H26N6O3S2/c1-4-16(19-12-32-22(26-19)28-33(30,31)15-6-7-15)21(29)27-20-8-5-14(9-24-20)18-11-23-10-17(25-18)13(2)3/h5,8-13,15-16H,4,6-7H2,1-3H3,(H,26,28)(H,24,27,29). The molecule has 3 aromatic heterocycles. The van der Waals surface area contributed by atoms with Crippen LogP contribution in [0.2, 0.25) is 0 Å². The van der Waals surface area contributed by atoms with Crippen molar-refractivity contribution in [3.8, 4) is 11.3 Å². The van der Waals surface area contributed by atoms with Crippen molar-refractivity contribution in [2.45, 2.75) is 57.1 Å². The van der Waals surface area contributed by atoms with Crippen LogP contribution in [0.1, 0.15) is 63.3 Å². The number of rotatable bonds is 9. The third-order valence-corrected chi connectivity index (χ3v) is 8.08. The van der Waals surface area contributed by atoms with Crippen LogP contribution in [0.25, 0.3) is 11.3 Å². The molecule has 1 fully saturated rings. The second kappa shape index (κ2) is 9.52. The summed E-state index contributed by atoms with van der Waals surface area (Å²) in [6, 6.07) is 3.56. The minimum absolute atomic E-state index is 0.249. The number of nitrogens with one attached hydrogen (secondary N) is 2. The second-order valence-corrected chi connectivity index (χ2v) is 11.1. The Hall–Kier alpha value is -2.92. The molecular formula is C22H26N6O3S2. The predicted molar refractivity (Wildman–Crippen MR) is 129 cm³/mol. The maximum Gasteiger partial charge on any atom is 0.237 e. The van der Waals surface area contributed by atoms with E-state index in [4.69, 9.17) is 0 Å². The molecule has 33 heavy (non-hydrogen) atoms. The van der Waals surface area contributed by atoms with Gasteiger partial charge in [-0.2, -0.15) is 0 Å². The molecule has 0 radical (unpaired) electrons. The summed E-state index contributed by atoms with van der Waals surface area (Å²) in [6.07, 6.45) is 6.95. The van der Waals surface area contributed by atoms with E-state index in [2.05, 4.69) is 43.8 Å². The molecule has 1 aliphatic rings. The quantitative estimate of drug-likeness (QED) is 0.465.